The van der Waals surface area contributed by atoms with E-state index < -0.39 is 0 Å². The van der Waals surface area contributed by atoms with Gasteiger partial charge in [-0.2, -0.15) is 0 Å². The van der Waals surface area contributed by atoms with E-state index >= 15 is 0 Å². The van der Waals surface area contributed by atoms with Gasteiger partial charge in [0, 0.05) is 11.4 Å². The molecule has 0 spiro atoms. The number of nitrogens with zero attached hydrogens (tertiary/aromatic N) is 1. The van der Waals surface area contributed by atoms with Crippen molar-refractivity contribution in [2.24, 2.45) is 0 Å². The summed E-state index contributed by atoms with van der Waals surface area (Å²) in [6.45, 7) is 2.64. The standard InChI is InChI=1S/C7H6S.C5H8N2O2/c1-8-7-3-5-2-6(5)4-7;1-2-7-3-4(8)6-5(7)9/h2-4H,1H3;2-3H2,1H3,(H,6,8,9). The summed E-state index contributed by atoms with van der Waals surface area (Å²) in [5.74, 6) is -0.207. The zero-order valence-corrected chi connectivity index (χ0v) is 10.6. The summed E-state index contributed by atoms with van der Waals surface area (Å²) in [6, 6.07) is 6.36. The van der Waals surface area contributed by atoms with Crippen LogP contribution in [0.5, 0.6) is 0 Å². The van der Waals surface area contributed by atoms with E-state index in [0.717, 1.165) is 0 Å². The zero-order chi connectivity index (χ0) is 12.4. The zero-order valence-electron chi connectivity index (χ0n) is 9.82. The summed E-state index contributed by atoms with van der Waals surface area (Å²) in [6.07, 6.45) is 2.11. The van der Waals surface area contributed by atoms with Crippen LogP contribution in [0.3, 0.4) is 0 Å². The molecule has 1 aliphatic heterocycles. The predicted octanol–water partition coefficient (Wildman–Crippen LogP) is 1.95. The van der Waals surface area contributed by atoms with Crippen LogP contribution in [-0.4, -0.2) is 36.2 Å². The SMILES string of the molecule is CCN1CC(=O)NC1=O.CSc1cc2cc-2c1. The number of fused-ring (bicyclic) bond motifs is 1. The molecule has 5 heteroatoms. The Morgan fingerprint density at radius 3 is 2.24 bits per heavy atom. The van der Waals surface area contributed by atoms with Crippen LogP contribution in [0, 0.1) is 0 Å². The highest BCUT2D eigenvalue weighted by molar-refractivity contribution is 7.98. The Morgan fingerprint density at radius 2 is 1.94 bits per heavy atom. The van der Waals surface area contributed by atoms with E-state index in [9.17, 15) is 9.59 Å². The normalized spacial score (nSPS) is 15.3. The Bertz CT molecular complexity index is 453. The lowest BCUT2D eigenvalue weighted by molar-refractivity contribution is -0.118. The predicted molar refractivity (Wildman–Crippen MR) is 68.0 cm³/mol. The molecule has 1 fully saturated rings. The quantitative estimate of drug-likeness (QED) is 0.654. The number of amides is 3. The third-order valence-corrected chi connectivity index (χ3v) is 3.35. The maximum atomic E-state index is 10.6. The first-order valence-electron chi connectivity index (χ1n) is 5.42. The number of nitrogens with one attached hydrogen (secondary N) is 1. The van der Waals surface area contributed by atoms with Crippen molar-refractivity contribution in [3.05, 3.63) is 18.2 Å². The molecule has 0 saturated carbocycles. The molecule has 90 valence electrons. The van der Waals surface area contributed by atoms with Crippen molar-refractivity contribution in [3.63, 3.8) is 0 Å². The monoisotopic (exact) mass is 250 g/mol. The smallest absolute Gasteiger partial charge is 0.315 e. The Balaban J connectivity index is 0.000000127. The van der Waals surface area contributed by atoms with E-state index in [0.29, 0.717) is 6.54 Å². The number of carbonyl (C=O) groups is 2. The van der Waals surface area contributed by atoms with Crippen molar-refractivity contribution in [1.82, 2.24) is 10.2 Å². The number of hydrogen-bond donors (Lipinski definition) is 1. The van der Waals surface area contributed by atoms with Gasteiger partial charge in [-0.25, -0.2) is 4.79 Å². The maximum Gasteiger partial charge on any atom is 0.324 e. The lowest BCUT2D eigenvalue weighted by Gasteiger charge is -2.06. The van der Waals surface area contributed by atoms with E-state index in [1.165, 1.54) is 20.9 Å². The number of imide groups is 1. The first-order valence-corrected chi connectivity index (χ1v) is 6.64. The first-order chi connectivity index (χ1) is 8.13. The Hall–Kier alpha value is -1.49. The Labute approximate surface area is 104 Å². The van der Waals surface area contributed by atoms with E-state index in [1.54, 1.807) is 0 Å². The molecular weight excluding hydrogens is 236 g/mol. The molecule has 3 amide bonds. The highest BCUT2D eigenvalue weighted by Gasteiger charge is 2.24. The summed E-state index contributed by atoms with van der Waals surface area (Å²) in [4.78, 5) is 23.9. The molecule has 4 nitrogen and oxygen atoms in total. The molecular formula is C12H14N2O2S. The summed E-state index contributed by atoms with van der Waals surface area (Å²) in [5.41, 5.74) is 2.88. The molecule has 1 heterocycles. The van der Waals surface area contributed by atoms with E-state index in [-0.39, 0.29) is 18.5 Å². The molecule has 17 heavy (non-hydrogen) atoms. The topological polar surface area (TPSA) is 49.4 Å². The van der Waals surface area contributed by atoms with Crippen LogP contribution in [0.2, 0.25) is 0 Å². The highest BCUT2D eigenvalue weighted by Crippen LogP contribution is 2.39. The summed E-state index contributed by atoms with van der Waals surface area (Å²) in [5, 5.41) is 2.17. The summed E-state index contributed by atoms with van der Waals surface area (Å²) >= 11 is 1.81. The number of hydrogen-bond acceptors (Lipinski definition) is 3. The van der Waals surface area contributed by atoms with Crippen LogP contribution < -0.4 is 5.32 Å². The molecule has 2 aliphatic carbocycles. The molecule has 1 N–H and O–H groups in total. The lowest BCUT2D eigenvalue weighted by atomic mass is 10.6. The van der Waals surface area contributed by atoms with Crippen LogP contribution >= 0.6 is 11.8 Å². The second-order valence-corrected chi connectivity index (χ2v) is 4.70. The van der Waals surface area contributed by atoms with Crippen LogP contribution in [0.25, 0.3) is 11.1 Å². The highest BCUT2D eigenvalue weighted by atomic mass is 32.2. The summed E-state index contributed by atoms with van der Waals surface area (Å²) in [7, 11) is 0. The van der Waals surface area contributed by atoms with Crippen molar-refractivity contribution in [2.45, 2.75) is 11.8 Å². The van der Waals surface area contributed by atoms with Crippen LogP contribution in [0.4, 0.5) is 4.79 Å². The van der Waals surface area contributed by atoms with Gasteiger partial charge in [0.15, 0.2) is 0 Å². The molecule has 0 bridgehead atoms. The van der Waals surface area contributed by atoms with Gasteiger partial charge in [-0.05, 0) is 42.5 Å². The van der Waals surface area contributed by atoms with Gasteiger partial charge in [0.2, 0.25) is 5.91 Å². The van der Waals surface area contributed by atoms with E-state index in [1.807, 2.05) is 18.7 Å². The van der Waals surface area contributed by atoms with E-state index in [4.69, 9.17) is 0 Å². The minimum atomic E-state index is -0.275. The van der Waals surface area contributed by atoms with Crippen molar-refractivity contribution in [3.8, 4) is 11.1 Å². The fourth-order valence-corrected chi connectivity index (χ4v) is 2.08. The van der Waals surface area contributed by atoms with E-state index in [2.05, 4.69) is 29.8 Å². The molecule has 0 aromatic carbocycles. The molecule has 0 aromatic heterocycles. The van der Waals surface area contributed by atoms with Gasteiger partial charge in [0.05, 0.1) is 0 Å². The Kier molecular flexibility index (Phi) is 3.38. The second-order valence-electron chi connectivity index (χ2n) is 3.82. The maximum absolute atomic E-state index is 10.6. The minimum Gasteiger partial charge on any atom is -0.315 e. The van der Waals surface area contributed by atoms with Gasteiger partial charge in [-0.1, -0.05) is 0 Å². The Morgan fingerprint density at radius 1 is 1.29 bits per heavy atom. The number of rotatable bonds is 2. The van der Waals surface area contributed by atoms with Gasteiger partial charge in [-0.3, -0.25) is 10.1 Å². The fraction of sp³-hybridized carbons (Fsp3) is 0.333. The third-order valence-electron chi connectivity index (χ3n) is 2.64. The number of urea groups is 1. The van der Waals surface area contributed by atoms with Gasteiger partial charge >= 0.3 is 6.03 Å². The number of carbonyl (C=O) groups excluding carboxylic acids is 2. The number of likely N-dealkylation sites (N-methyl/N-ethyl adjacent to an activating group) is 1. The van der Waals surface area contributed by atoms with Crippen LogP contribution in [0.1, 0.15) is 6.92 Å². The fourth-order valence-electron chi connectivity index (χ4n) is 1.59. The number of thioether (sulfide) groups is 1. The van der Waals surface area contributed by atoms with Crippen molar-refractivity contribution < 1.29 is 9.59 Å². The van der Waals surface area contributed by atoms with Crippen molar-refractivity contribution in [2.75, 3.05) is 19.3 Å². The summed E-state index contributed by atoms with van der Waals surface area (Å²) < 4.78 is 0. The molecule has 0 aromatic rings. The largest absolute Gasteiger partial charge is 0.324 e. The lowest BCUT2D eigenvalue weighted by Crippen LogP contribution is -2.27. The molecule has 3 aliphatic rings. The first kappa shape index (κ1) is 12.0. The molecule has 0 atom stereocenters. The average molecular weight is 250 g/mol. The van der Waals surface area contributed by atoms with Gasteiger partial charge < -0.3 is 4.90 Å². The van der Waals surface area contributed by atoms with Crippen LogP contribution in [-0.2, 0) is 4.79 Å². The van der Waals surface area contributed by atoms with Crippen LogP contribution in [0.15, 0.2) is 23.1 Å². The van der Waals surface area contributed by atoms with Gasteiger partial charge in [0.1, 0.15) is 6.54 Å². The molecule has 0 radical (unpaired) electrons. The van der Waals surface area contributed by atoms with Crippen molar-refractivity contribution in [1.29, 1.82) is 0 Å². The second kappa shape index (κ2) is 4.79. The molecule has 1 saturated heterocycles. The number of benzene rings is 1. The molecule has 0 unspecified atom stereocenters. The third kappa shape index (κ3) is 2.79. The minimum absolute atomic E-state index is 0.207. The molecule has 3 rings (SSSR count). The van der Waals surface area contributed by atoms with Crippen molar-refractivity contribution >= 4 is 23.7 Å². The average Bonchev–Trinajstić information content (AvgIpc) is 2.78. The van der Waals surface area contributed by atoms with Gasteiger partial charge in [0.25, 0.3) is 0 Å². The van der Waals surface area contributed by atoms with Gasteiger partial charge in [-0.15, -0.1) is 11.8 Å².